The van der Waals surface area contributed by atoms with Gasteiger partial charge in [0.25, 0.3) is 0 Å². The first-order chi connectivity index (χ1) is 9.65. The van der Waals surface area contributed by atoms with E-state index < -0.39 is 5.97 Å². The molecule has 0 unspecified atom stereocenters. The zero-order chi connectivity index (χ0) is 15.0. The molecule has 0 aliphatic heterocycles. The van der Waals surface area contributed by atoms with Crippen LogP contribution in [0.15, 0.2) is 12.3 Å². The molecule has 0 aromatic carbocycles. The average Bonchev–Trinajstić information content (AvgIpc) is 2.44. The van der Waals surface area contributed by atoms with Crippen molar-refractivity contribution in [1.82, 2.24) is 4.98 Å². The number of rotatable bonds is 8. The number of unbranched alkanes of at least 4 members (excludes halogenated alkanes) is 1. The van der Waals surface area contributed by atoms with Crippen LogP contribution in [0.1, 0.15) is 37.0 Å². The van der Waals surface area contributed by atoms with Crippen LogP contribution >= 0.6 is 0 Å². The topological polar surface area (TPSA) is 88.7 Å². The summed E-state index contributed by atoms with van der Waals surface area (Å²) in [5.74, 6) is 0.0751. The number of esters is 1. The van der Waals surface area contributed by atoms with E-state index in [-0.39, 0.29) is 6.61 Å². The lowest BCUT2D eigenvalue weighted by molar-refractivity contribution is 0.0527. The molecule has 112 valence electrons. The molecule has 3 N–H and O–H groups in total. The molecule has 20 heavy (non-hydrogen) atoms. The Kier molecular flexibility index (Phi) is 6.79. The second-order valence-corrected chi connectivity index (χ2v) is 4.38. The van der Waals surface area contributed by atoms with Gasteiger partial charge >= 0.3 is 5.97 Å². The Labute approximate surface area is 119 Å². The number of hydrogen-bond acceptors (Lipinski definition) is 6. The highest BCUT2D eigenvalue weighted by molar-refractivity contribution is 5.97. The lowest BCUT2D eigenvalue weighted by Crippen LogP contribution is -2.30. The summed E-state index contributed by atoms with van der Waals surface area (Å²) in [6.07, 6.45) is 3.53. The number of aliphatic hydroxyl groups excluding tert-OH is 1. The van der Waals surface area contributed by atoms with Crippen molar-refractivity contribution in [3.8, 4) is 0 Å². The number of aliphatic hydroxyl groups is 1. The third-order valence-corrected chi connectivity index (χ3v) is 2.92. The van der Waals surface area contributed by atoms with Gasteiger partial charge < -0.3 is 20.5 Å². The monoisotopic (exact) mass is 281 g/mol. The summed E-state index contributed by atoms with van der Waals surface area (Å²) < 4.78 is 4.97. The summed E-state index contributed by atoms with van der Waals surface area (Å²) in [5.41, 5.74) is 6.65. The van der Waals surface area contributed by atoms with Crippen LogP contribution in [0, 0.1) is 0 Å². The van der Waals surface area contributed by atoms with E-state index in [1.807, 2.05) is 4.90 Å². The molecule has 6 heteroatoms. The highest BCUT2D eigenvalue weighted by Crippen LogP contribution is 2.24. The molecule has 0 bridgehead atoms. The zero-order valence-corrected chi connectivity index (χ0v) is 12.1. The van der Waals surface area contributed by atoms with Crippen LogP contribution in [0.3, 0.4) is 0 Å². The number of hydrogen-bond donors (Lipinski definition) is 2. The number of ether oxygens (including phenoxy) is 1. The standard InChI is InChI=1S/C14H23N3O3/c1-3-5-8-17(9-10-18)13-12(15)11(6-7-16-13)14(19)20-4-2/h6-7,18H,3-5,8-10,15H2,1-2H3. The molecule has 0 aliphatic rings. The molecule has 1 aromatic rings. The van der Waals surface area contributed by atoms with Crippen LogP contribution in [-0.4, -0.2) is 42.4 Å². The van der Waals surface area contributed by atoms with Crippen LogP contribution in [0.2, 0.25) is 0 Å². The molecule has 0 spiro atoms. The predicted octanol–water partition coefficient (Wildman–Crippen LogP) is 1.44. The molecule has 0 saturated carbocycles. The maximum atomic E-state index is 11.8. The van der Waals surface area contributed by atoms with Gasteiger partial charge in [-0.1, -0.05) is 13.3 Å². The summed E-state index contributed by atoms with van der Waals surface area (Å²) in [6.45, 7) is 5.31. The molecule has 1 heterocycles. The quantitative estimate of drug-likeness (QED) is 0.701. The first-order valence-electron chi connectivity index (χ1n) is 6.93. The molecule has 0 fully saturated rings. The second-order valence-electron chi connectivity index (χ2n) is 4.38. The van der Waals surface area contributed by atoms with Gasteiger partial charge in [0.1, 0.15) is 0 Å². The van der Waals surface area contributed by atoms with Gasteiger partial charge in [-0.3, -0.25) is 0 Å². The Morgan fingerprint density at radius 2 is 2.20 bits per heavy atom. The van der Waals surface area contributed by atoms with E-state index in [1.165, 1.54) is 6.20 Å². The van der Waals surface area contributed by atoms with Gasteiger partial charge in [-0.2, -0.15) is 0 Å². The molecule has 6 nitrogen and oxygen atoms in total. The fourth-order valence-corrected chi connectivity index (χ4v) is 1.89. The summed E-state index contributed by atoms with van der Waals surface area (Å²) in [7, 11) is 0. The van der Waals surface area contributed by atoms with Gasteiger partial charge in [0.15, 0.2) is 5.82 Å². The summed E-state index contributed by atoms with van der Waals surface area (Å²) in [5, 5.41) is 9.15. The fourth-order valence-electron chi connectivity index (χ4n) is 1.89. The highest BCUT2D eigenvalue weighted by atomic mass is 16.5. The molecule has 0 amide bonds. The largest absolute Gasteiger partial charge is 0.462 e. The van der Waals surface area contributed by atoms with Crippen LogP contribution in [0.25, 0.3) is 0 Å². The summed E-state index contributed by atoms with van der Waals surface area (Å²) >= 11 is 0. The van der Waals surface area contributed by atoms with Gasteiger partial charge in [-0.15, -0.1) is 0 Å². The maximum Gasteiger partial charge on any atom is 0.340 e. The van der Waals surface area contributed by atoms with Gasteiger partial charge in [0.05, 0.1) is 24.5 Å². The van der Waals surface area contributed by atoms with Crippen LogP contribution < -0.4 is 10.6 Å². The highest BCUT2D eigenvalue weighted by Gasteiger charge is 2.18. The summed E-state index contributed by atoms with van der Waals surface area (Å²) in [6, 6.07) is 1.55. The number of aromatic nitrogens is 1. The van der Waals surface area contributed by atoms with Crippen molar-refractivity contribution in [1.29, 1.82) is 0 Å². The number of carbonyl (C=O) groups is 1. The van der Waals surface area contributed by atoms with Crippen molar-refractivity contribution in [2.45, 2.75) is 26.7 Å². The third kappa shape index (κ3) is 4.09. The second kappa shape index (κ2) is 8.37. The lowest BCUT2D eigenvalue weighted by Gasteiger charge is -2.24. The van der Waals surface area contributed by atoms with E-state index in [9.17, 15) is 4.79 Å². The van der Waals surface area contributed by atoms with Crippen molar-refractivity contribution in [3.05, 3.63) is 17.8 Å². The molecule has 0 aliphatic carbocycles. The van der Waals surface area contributed by atoms with Crippen LogP contribution in [0.5, 0.6) is 0 Å². The maximum absolute atomic E-state index is 11.8. The fraction of sp³-hybridized carbons (Fsp3) is 0.571. The molecule has 0 radical (unpaired) electrons. The lowest BCUT2D eigenvalue weighted by atomic mass is 10.2. The predicted molar refractivity (Wildman–Crippen MR) is 78.8 cm³/mol. The third-order valence-electron chi connectivity index (χ3n) is 2.92. The molecular formula is C14H23N3O3. The van der Waals surface area contributed by atoms with E-state index >= 15 is 0 Å². The van der Waals surface area contributed by atoms with E-state index in [4.69, 9.17) is 15.6 Å². The number of anilines is 2. The number of carbonyl (C=O) groups excluding carboxylic acids is 1. The SMILES string of the molecule is CCCCN(CCO)c1nccc(C(=O)OCC)c1N. The zero-order valence-electron chi connectivity index (χ0n) is 12.1. The molecule has 1 rings (SSSR count). The molecule has 0 atom stereocenters. The van der Waals surface area contributed by atoms with Gasteiger partial charge in [0.2, 0.25) is 0 Å². The number of nitrogen functional groups attached to an aromatic ring is 1. The summed E-state index contributed by atoms with van der Waals surface area (Å²) in [4.78, 5) is 17.9. The molecular weight excluding hydrogens is 258 g/mol. The first-order valence-corrected chi connectivity index (χ1v) is 6.93. The number of pyridine rings is 1. The number of nitrogens with two attached hydrogens (primary N) is 1. The van der Waals surface area contributed by atoms with Crippen molar-refractivity contribution in [2.24, 2.45) is 0 Å². The van der Waals surface area contributed by atoms with Crippen molar-refractivity contribution < 1.29 is 14.6 Å². The van der Waals surface area contributed by atoms with E-state index in [0.29, 0.717) is 30.2 Å². The smallest absolute Gasteiger partial charge is 0.340 e. The Bertz CT molecular complexity index is 438. The Morgan fingerprint density at radius 3 is 2.80 bits per heavy atom. The van der Waals surface area contributed by atoms with E-state index in [0.717, 1.165) is 19.4 Å². The van der Waals surface area contributed by atoms with Crippen molar-refractivity contribution >= 4 is 17.5 Å². The Morgan fingerprint density at radius 1 is 1.45 bits per heavy atom. The molecule has 0 saturated heterocycles. The van der Waals surface area contributed by atoms with E-state index in [1.54, 1.807) is 13.0 Å². The van der Waals surface area contributed by atoms with Gasteiger partial charge in [-0.25, -0.2) is 9.78 Å². The normalized spacial score (nSPS) is 10.3. The Balaban J connectivity index is 3.03. The minimum absolute atomic E-state index is 0.00840. The minimum Gasteiger partial charge on any atom is -0.462 e. The average molecular weight is 281 g/mol. The number of nitrogens with zero attached hydrogens (tertiary/aromatic N) is 2. The Hall–Kier alpha value is -1.82. The van der Waals surface area contributed by atoms with Crippen molar-refractivity contribution in [2.75, 3.05) is 36.9 Å². The first kappa shape index (κ1) is 16.2. The van der Waals surface area contributed by atoms with Crippen LogP contribution in [-0.2, 0) is 4.74 Å². The molecule has 1 aromatic heterocycles. The van der Waals surface area contributed by atoms with E-state index in [2.05, 4.69) is 11.9 Å². The minimum atomic E-state index is -0.451. The van der Waals surface area contributed by atoms with Crippen molar-refractivity contribution in [3.63, 3.8) is 0 Å². The van der Waals surface area contributed by atoms with Crippen LogP contribution in [0.4, 0.5) is 11.5 Å². The van der Waals surface area contributed by atoms with Gasteiger partial charge in [-0.05, 0) is 19.4 Å². The van der Waals surface area contributed by atoms with Gasteiger partial charge in [0, 0.05) is 19.3 Å².